The summed E-state index contributed by atoms with van der Waals surface area (Å²) in [7, 11) is -3.58. The SMILES string of the molecule is O=C(NCCSc1ccccc1)[C@@H]1CCCN(S(=O)(=O)Cc2ccc(Cl)cc2Cl)C1. The number of amides is 1. The quantitative estimate of drug-likeness (QED) is 0.442. The van der Waals surface area contributed by atoms with Gasteiger partial charge in [0, 0.05) is 40.3 Å². The topological polar surface area (TPSA) is 66.5 Å². The molecule has 30 heavy (non-hydrogen) atoms. The van der Waals surface area contributed by atoms with Gasteiger partial charge in [0.15, 0.2) is 0 Å². The van der Waals surface area contributed by atoms with E-state index in [1.165, 1.54) is 10.4 Å². The van der Waals surface area contributed by atoms with Gasteiger partial charge in [-0.15, -0.1) is 11.8 Å². The molecular weight excluding hydrogens is 463 g/mol. The third-order valence-electron chi connectivity index (χ3n) is 4.91. The van der Waals surface area contributed by atoms with Gasteiger partial charge >= 0.3 is 0 Å². The van der Waals surface area contributed by atoms with E-state index in [4.69, 9.17) is 23.2 Å². The van der Waals surface area contributed by atoms with E-state index in [0.717, 1.165) is 10.6 Å². The van der Waals surface area contributed by atoms with Crippen LogP contribution in [-0.4, -0.2) is 44.0 Å². The standard InChI is InChI=1S/C21H24Cl2N2O3S2/c22-18-9-8-17(20(23)13-18)15-30(27,28)25-11-4-5-16(14-25)21(26)24-10-12-29-19-6-2-1-3-7-19/h1-3,6-9,13,16H,4-5,10-12,14-15H2,(H,24,26)/t16-/m1/s1. The van der Waals surface area contributed by atoms with Crippen LogP contribution in [0.2, 0.25) is 10.0 Å². The van der Waals surface area contributed by atoms with Gasteiger partial charge in [-0.2, -0.15) is 0 Å². The van der Waals surface area contributed by atoms with E-state index in [-0.39, 0.29) is 24.1 Å². The molecule has 3 rings (SSSR count). The van der Waals surface area contributed by atoms with Gasteiger partial charge in [-0.25, -0.2) is 12.7 Å². The molecule has 1 amide bonds. The van der Waals surface area contributed by atoms with Crippen LogP contribution in [-0.2, 0) is 20.6 Å². The van der Waals surface area contributed by atoms with Crippen molar-refractivity contribution in [1.29, 1.82) is 0 Å². The number of carbonyl (C=O) groups is 1. The molecule has 1 heterocycles. The molecule has 1 saturated heterocycles. The molecule has 2 aromatic carbocycles. The highest BCUT2D eigenvalue weighted by molar-refractivity contribution is 7.99. The lowest BCUT2D eigenvalue weighted by molar-refractivity contribution is -0.125. The average molecular weight is 487 g/mol. The highest BCUT2D eigenvalue weighted by Gasteiger charge is 2.32. The number of rotatable bonds is 8. The highest BCUT2D eigenvalue weighted by Crippen LogP contribution is 2.26. The maximum absolute atomic E-state index is 12.9. The van der Waals surface area contributed by atoms with E-state index in [0.29, 0.717) is 41.5 Å². The number of benzene rings is 2. The molecule has 9 heteroatoms. The maximum atomic E-state index is 12.9. The fourth-order valence-electron chi connectivity index (χ4n) is 3.34. The Kier molecular flexibility index (Phi) is 8.48. The van der Waals surface area contributed by atoms with Crippen molar-refractivity contribution < 1.29 is 13.2 Å². The van der Waals surface area contributed by atoms with Gasteiger partial charge < -0.3 is 5.32 Å². The Balaban J connectivity index is 1.51. The van der Waals surface area contributed by atoms with Gasteiger partial charge in [0.05, 0.1) is 11.7 Å². The first-order chi connectivity index (χ1) is 14.3. The average Bonchev–Trinajstić information content (AvgIpc) is 2.74. The molecule has 162 valence electrons. The zero-order chi connectivity index (χ0) is 21.6. The minimum absolute atomic E-state index is 0.0897. The summed E-state index contributed by atoms with van der Waals surface area (Å²) in [6.45, 7) is 1.16. The first-order valence-electron chi connectivity index (χ1n) is 9.72. The van der Waals surface area contributed by atoms with Crippen molar-refractivity contribution in [2.45, 2.75) is 23.5 Å². The van der Waals surface area contributed by atoms with Gasteiger partial charge in [-0.05, 0) is 42.7 Å². The Morgan fingerprint density at radius 1 is 1.17 bits per heavy atom. The number of piperidine rings is 1. The van der Waals surface area contributed by atoms with Crippen LogP contribution in [0.5, 0.6) is 0 Å². The van der Waals surface area contributed by atoms with Gasteiger partial charge in [0.1, 0.15) is 0 Å². The molecule has 0 bridgehead atoms. The van der Waals surface area contributed by atoms with Crippen LogP contribution >= 0.6 is 35.0 Å². The molecule has 5 nitrogen and oxygen atoms in total. The Labute approximate surface area is 192 Å². The molecule has 0 spiro atoms. The van der Waals surface area contributed by atoms with Gasteiger partial charge in [0.25, 0.3) is 0 Å². The zero-order valence-electron chi connectivity index (χ0n) is 16.4. The smallest absolute Gasteiger partial charge is 0.224 e. The summed E-state index contributed by atoms with van der Waals surface area (Å²) in [6.07, 6.45) is 1.34. The Morgan fingerprint density at radius 3 is 2.67 bits per heavy atom. The molecule has 2 aromatic rings. The van der Waals surface area contributed by atoms with Crippen molar-refractivity contribution in [3.05, 3.63) is 64.1 Å². The van der Waals surface area contributed by atoms with E-state index in [1.54, 1.807) is 23.9 Å². The molecule has 0 aromatic heterocycles. The first-order valence-corrected chi connectivity index (χ1v) is 13.1. The predicted molar refractivity (Wildman–Crippen MR) is 124 cm³/mol. The first kappa shape index (κ1) is 23.4. The fraction of sp³-hybridized carbons (Fsp3) is 0.381. The minimum Gasteiger partial charge on any atom is -0.355 e. The van der Waals surface area contributed by atoms with Crippen LogP contribution < -0.4 is 5.32 Å². The van der Waals surface area contributed by atoms with E-state index in [2.05, 4.69) is 5.32 Å². The summed E-state index contributed by atoms with van der Waals surface area (Å²) in [5.74, 6) is 0.133. The second-order valence-electron chi connectivity index (χ2n) is 7.14. The molecule has 0 aliphatic carbocycles. The largest absolute Gasteiger partial charge is 0.355 e. The third kappa shape index (κ3) is 6.62. The maximum Gasteiger partial charge on any atom is 0.224 e. The molecule has 0 unspecified atom stereocenters. The zero-order valence-corrected chi connectivity index (χ0v) is 19.5. The van der Waals surface area contributed by atoms with Crippen molar-refractivity contribution in [3.63, 3.8) is 0 Å². The van der Waals surface area contributed by atoms with Crippen LogP contribution in [0.15, 0.2) is 53.4 Å². The van der Waals surface area contributed by atoms with E-state index in [9.17, 15) is 13.2 Å². The molecule has 1 N–H and O–H groups in total. The van der Waals surface area contributed by atoms with Crippen molar-refractivity contribution in [1.82, 2.24) is 9.62 Å². The van der Waals surface area contributed by atoms with Crippen LogP contribution in [0.25, 0.3) is 0 Å². The lowest BCUT2D eigenvalue weighted by Crippen LogP contribution is -2.46. The van der Waals surface area contributed by atoms with Gasteiger partial charge in [0.2, 0.25) is 15.9 Å². The van der Waals surface area contributed by atoms with Crippen molar-refractivity contribution in [2.75, 3.05) is 25.4 Å². The minimum atomic E-state index is -3.58. The van der Waals surface area contributed by atoms with Gasteiger partial charge in [-0.1, -0.05) is 47.5 Å². The van der Waals surface area contributed by atoms with Crippen LogP contribution in [0.3, 0.4) is 0 Å². The lowest BCUT2D eigenvalue weighted by Gasteiger charge is -2.31. The molecular formula is C21H24Cl2N2O3S2. The number of hydrogen-bond donors (Lipinski definition) is 1. The normalized spacial score (nSPS) is 17.6. The molecule has 0 saturated carbocycles. The van der Waals surface area contributed by atoms with Crippen molar-refractivity contribution >= 4 is 50.9 Å². The molecule has 0 radical (unpaired) electrons. The highest BCUT2D eigenvalue weighted by atomic mass is 35.5. The Bertz CT molecular complexity index is 971. The molecule has 1 aliphatic rings. The summed E-state index contributed by atoms with van der Waals surface area (Å²) in [5.41, 5.74) is 0.505. The Hall–Kier alpha value is -1.25. The predicted octanol–water partition coefficient (Wildman–Crippen LogP) is 4.44. The number of nitrogens with one attached hydrogen (secondary N) is 1. The number of carbonyl (C=O) groups excluding carboxylic acids is 1. The summed E-state index contributed by atoms with van der Waals surface area (Å²) in [4.78, 5) is 13.7. The van der Waals surface area contributed by atoms with E-state index in [1.807, 2.05) is 30.3 Å². The number of sulfonamides is 1. The van der Waals surface area contributed by atoms with Crippen molar-refractivity contribution in [2.24, 2.45) is 5.92 Å². The van der Waals surface area contributed by atoms with Crippen LogP contribution in [0, 0.1) is 5.92 Å². The lowest BCUT2D eigenvalue weighted by atomic mass is 9.99. The van der Waals surface area contributed by atoms with E-state index < -0.39 is 10.0 Å². The number of nitrogens with zero attached hydrogens (tertiary/aromatic N) is 1. The van der Waals surface area contributed by atoms with Crippen LogP contribution in [0.4, 0.5) is 0 Å². The summed E-state index contributed by atoms with van der Waals surface area (Å²) < 4.78 is 27.2. The second-order valence-corrected chi connectivity index (χ2v) is 11.1. The van der Waals surface area contributed by atoms with Gasteiger partial charge in [-0.3, -0.25) is 4.79 Å². The Morgan fingerprint density at radius 2 is 1.93 bits per heavy atom. The molecule has 1 fully saturated rings. The van der Waals surface area contributed by atoms with E-state index >= 15 is 0 Å². The molecule has 1 atom stereocenters. The second kappa shape index (κ2) is 10.9. The number of halogens is 2. The monoisotopic (exact) mass is 486 g/mol. The molecule has 1 aliphatic heterocycles. The fourth-order valence-corrected chi connectivity index (χ4v) is 6.33. The van der Waals surface area contributed by atoms with Crippen molar-refractivity contribution in [3.8, 4) is 0 Å². The third-order valence-corrected chi connectivity index (χ3v) is 8.31. The van der Waals surface area contributed by atoms with Crippen LogP contribution in [0.1, 0.15) is 18.4 Å². The number of hydrogen-bond acceptors (Lipinski definition) is 4. The summed E-state index contributed by atoms with van der Waals surface area (Å²) in [5, 5.41) is 3.73. The number of thioether (sulfide) groups is 1. The summed E-state index contributed by atoms with van der Waals surface area (Å²) in [6, 6.07) is 14.8. The summed E-state index contributed by atoms with van der Waals surface area (Å²) >= 11 is 13.7.